The quantitative estimate of drug-likeness (QED) is 0.864. The van der Waals surface area contributed by atoms with Crippen LogP contribution in [0.3, 0.4) is 0 Å². The molecular formula is C15H21ClN2O. The Morgan fingerprint density at radius 3 is 2.53 bits per heavy atom. The highest BCUT2D eigenvalue weighted by atomic mass is 35.5. The largest absolute Gasteiger partial charge is 0.314 e. The summed E-state index contributed by atoms with van der Waals surface area (Å²) in [6.07, 6.45) is 0. The number of hydrogen-bond donors (Lipinski definition) is 1. The lowest BCUT2D eigenvalue weighted by molar-refractivity contribution is 0.0602. The topological polar surface area (TPSA) is 32.3 Å². The van der Waals surface area contributed by atoms with E-state index in [1.807, 2.05) is 32.9 Å². The summed E-state index contributed by atoms with van der Waals surface area (Å²) >= 11 is 6.12. The summed E-state index contributed by atoms with van der Waals surface area (Å²) in [6.45, 7) is 9.61. The predicted molar refractivity (Wildman–Crippen MR) is 79.0 cm³/mol. The van der Waals surface area contributed by atoms with Gasteiger partial charge in [-0.05, 0) is 32.4 Å². The average Bonchev–Trinajstić information content (AvgIpc) is 2.42. The highest BCUT2D eigenvalue weighted by Gasteiger charge is 2.35. The zero-order valence-electron chi connectivity index (χ0n) is 11.8. The van der Waals surface area contributed by atoms with Crippen molar-refractivity contribution in [2.45, 2.75) is 26.3 Å². The number of piperazine rings is 1. The number of benzene rings is 1. The van der Waals surface area contributed by atoms with Crippen molar-refractivity contribution in [3.63, 3.8) is 0 Å². The summed E-state index contributed by atoms with van der Waals surface area (Å²) in [7, 11) is 0. The lowest BCUT2D eigenvalue weighted by Crippen LogP contribution is -2.57. The van der Waals surface area contributed by atoms with E-state index >= 15 is 0 Å². The third-order valence-corrected chi connectivity index (χ3v) is 4.30. The van der Waals surface area contributed by atoms with Crippen molar-refractivity contribution in [3.05, 3.63) is 34.3 Å². The summed E-state index contributed by atoms with van der Waals surface area (Å²) in [5, 5.41) is 3.96. The smallest absolute Gasteiger partial charge is 0.182 e. The van der Waals surface area contributed by atoms with Gasteiger partial charge in [0, 0.05) is 36.8 Å². The maximum atomic E-state index is 12.7. The summed E-state index contributed by atoms with van der Waals surface area (Å²) in [4.78, 5) is 14.9. The molecule has 104 valence electrons. The molecule has 1 heterocycles. The first kappa shape index (κ1) is 14.5. The van der Waals surface area contributed by atoms with E-state index in [4.69, 9.17) is 11.6 Å². The monoisotopic (exact) mass is 280 g/mol. The number of aryl methyl sites for hydroxylation is 1. The molecule has 0 spiro atoms. The first-order valence-corrected chi connectivity index (χ1v) is 7.07. The zero-order valence-corrected chi connectivity index (χ0v) is 12.5. The molecule has 1 N–H and O–H groups in total. The van der Waals surface area contributed by atoms with Crippen molar-refractivity contribution < 1.29 is 4.79 Å². The SMILES string of the molecule is Cc1ccc(C(=O)C(C)(C)N2CCNCC2)cc1Cl. The van der Waals surface area contributed by atoms with Gasteiger partial charge in [-0.1, -0.05) is 23.7 Å². The molecule has 0 bridgehead atoms. The van der Waals surface area contributed by atoms with Crippen LogP contribution in [0.15, 0.2) is 18.2 Å². The lowest BCUT2D eigenvalue weighted by Gasteiger charge is -2.40. The van der Waals surface area contributed by atoms with E-state index < -0.39 is 5.54 Å². The van der Waals surface area contributed by atoms with Crippen molar-refractivity contribution in [2.24, 2.45) is 0 Å². The molecule has 0 aliphatic carbocycles. The number of nitrogens with zero attached hydrogens (tertiary/aromatic N) is 1. The van der Waals surface area contributed by atoms with Gasteiger partial charge in [0.25, 0.3) is 0 Å². The second-order valence-electron chi connectivity index (χ2n) is 5.59. The highest BCUT2D eigenvalue weighted by molar-refractivity contribution is 6.31. The second kappa shape index (κ2) is 5.61. The van der Waals surface area contributed by atoms with Crippen LogP contribution in [0, 0.1) is 6.92 Å². The summed E-state index contributed by atoms with van der Waals surface area (Å²) < 4.78 is 0. The Hall–Kier alpha value is -0.900. The Bertz CT molecular complexity index is 479. The fourth-order valence-corrected chi connectivity index (χ4v) is 2.64. The molecule has 0 aromatic heterocycles. The molecule has 1 fully saturated rings. The summed E-state index contributed by atoms with van der Waals surface area (Å²) in [5.41, 5.74) is 1.21. The van der Waals surface area contributed by atoms with Crippen molar-refractivity contribution in [2.75, 3.05) is 26.2 Å². The number of carbonyl (C=O) groups is 1. The molecule has 1 aliphatic heterocycles. The van der Waals surface area contributed by atoms with Gasteiger partial charge in [0.1, 0.15) is 0 Å². The van der Waals surface area contributed by atoms with Gasteiger partial charge >= 0.3 is 0 Å². The highest BCUT2D eigenvalue weighted by Crippen LogP contribution is 2.24. The summed E-state index contributed by atoms with van der Waals surface area (Å²) in [5.74, 6) is 0.135. The van der Waals surface area contributed by atoms with Gasteiger partial charge < -0.3 is 5.32 Å². The Kier molecular flexibility index (Phi) is 4.29. The minimum atomic E-state index is -0.485. The maximum absolute atomic E-state index is 12.7. The van der Waals surface area contributed by atoms with Crippen LogP contribution in [0.5, 0.6) is 0 Å². The number of hydrogen-bond acceptors (Lipinski definition) is 3. The third-order valence-electron chi connectivity index (χ3n) is 3.90. The van der Waals surface area contributed by atoms with Crippen LogP contribution in [-0.4, -0.2) is 42.4 Å². The molecule has 0 unspecified atom stereocenters. The van der Waals surface area contributed by atoms with Crippen LogP contribution < -0.4 is 5.32 Å². The second-order valence-corrected chi connectivity index (χ2v) is 6.00. The van der Waals surface area contributed by atoms with E-state index in [2.05, 4.69) is 10.2 Å². The van der Waals surface area contributed by atoms with Crippen molar-refractivity contribution in [3.8, 4) is 0 Å². The molecule has 0 saturated carbocycles. The minimum absolute atomic E-state index is 0.135. The van der Waals surface area contributed by atoms with Gasteiger partial charge in [-0.15, -0.1) is 0 Å². The lowest BCUT2D eigenvalue weighted by atomic mass is 9.90. The Morgan fingerprint density at radius 2 is 1.95 bits per heavy atom. The molecule has 3 nitrogen and oxygen atoms in total. The predicted octanol–water partition coefficient (Wildman–Crippen LogP) is 2.51. The van der Waals surface area contributed by atoms with E-state index in [1.54, 1.807) is 6.07 Å². The Balaban J connectivity index is 2.23. The van der Waals surface area contributed by atoms with Gasteiger partial charge in [0.15, 0.2) is 5.78 Å². The number of nitrogens with one attached hydrogen (secondary N) is 1. The van der Waals surface area contributed by atoms with E-state index in [-0.39, 0.29) is 5.78 Å². The zero-order chi connectivity index (χ0) is 14.0. The van der Waals surface area contributed by atoms with Crippen molar-refractivity contribution in [1.82, 2.24) is 10.2 Å². The van der Waals surface area contributed by atoms with Gasteiger partial charge in [-0.25, -0.2) is 0 Å². The van der Waals surface area contributed by atoms with Crippen LogP contribution in [0.25, 0.3) is 0 Å². The Morgan fingerprint density at radius 1 is 1.32 bits per heavy atom. The average molecular weight is 281 g/mol. The van der Waals surface area contributed by atoms with E-state index in [0.717, 1.165) is 31.7 Å². The van der Waals surface area contributed by atoms with Crippen LogP contribution in [-0.2, 0) is 0 Å². The molecule has 4 heteroatoms. The van der Waals surface area contributed by atoms with E-state index in [9.17, 15) is 4.79 Å². The van der Waals surface area contributed by atoms with E-state index in [0.29, 0.717) is 10.6 Å². The van der Waals surface area contributed by atoms with Crippen LogP contribution in [0.1, 0.15) is 29.8 Å². The molecule has 1 saturated heterocycles. The van der Waals surface area contributed by atoms with Crippen LogP contribution in [0.2, 0.25) is 5.02 Å². The van der Waals surface area contributed by atoms with Gasteiger partial charge in [0.2, 0.25) is 0 Å². The third kappa shape index (κ3) is 2.99. The van der Waals surface area contributed by atoms with Crippen LogP contribution >= 0.6 is 11.6 Å². The van der Waals surface area contributed by atoms with E-state index in [1.165, 1.54) is 0 Å². The number of Topliss-reactive ketones (excluding diaryl/α,β-unsaturated/α-hetero) is 1. The number of rotatable bonds is 3. The molecule has 0 radical (unpaired) electrons. The fraction of sp³-hybridized carbons (Fsp3) is 0.533. The fourth-order valence-electron chi connectivity index (χ4n) is 2.45. The first-order valence-electron chi connectivity index (χ1n) is 6.69. The molecule has 19 heavy (non-hydrogen) atoms. The van der Waals surface area contributed by atoms with Crippen molar-refractivity contribution in [1.29, 1.82) is 0 Å². The normalized spacial score (nSPS) is 17.5. The van der Waals surface area contributed by atoms with Gasteiger partial charge in [-0.2, -0.15) is 0 Å². The number of halogens is 1. The molecule has 1 aromatic carbocycles. The van der Waals surface area contributed by atoms with Gasteiger partial charge in [0.05, 0.1) is 5.54 Å². The molecule has 0 amide bonds. The van der Waals surface area contributed by atoms with Gasteiger partial charge in [-0.3, -0.25) is 9.69 Å². The standard InChI is InChI=1S/C15H21ClN2O/c1-11-4-5-12(10-13(11)16)14(19)15(2,3)18-8-6-17-7-9-18/h4-5,10,17H,6-9H2,1-3H3. The Labute approximate surface area is 119 Å². The van der Waals surface area contributed by atoms with Crippen molar-refractivity contribution >= 4 is 17.4 Å². The molecule has 1 aliphatic rings. The number of ketones is 1. The summed E-state index contributed by atoms with van der Waals surface area (Å²) in [6, 6.07) is 5.56. The maximum Gasteiger partial charge on any atom is 0.182 e. The molecular weight excluding hydrogens is 260 g/mol. The molecule has 0 atom stereocenters. The first-order chi connectivity index (χ1) is 8.93. The molecule has 1 aromatic rings. The molecule has 2 rings (SSSR count). The number of carbonyl (C=O) groups excluding carboxylic acids is 1. The minimum Gasteiger partial charge on any atom is -0.314 e. The van der Waals surface area contributed by atoms with Crippen LogP contribution in [0.4, 0.5) is 0 Å².